The fraction of sp³-hybridized carbons (Fsp3) is 0.368. The molecule has 2 aromatic rings. The highest BCUT2D eigenvalue weighted by Gasteiger charge is 2.27. The van der Waals surface area contributed by atoms with Gasteiger partial charge < -0.3 is 4.90 Å². The summed E-state index contributed by atoms with van der Waals surface area (Å²) in [6.07, 6.45) is 8.46. The van der Waals surface area contributed by atoms with Crippen LogP contribution in [0.2, 0.25) is 0 Å². The van der Waals surface area contributed by atoms with Gasteiger partial charge in [0, 0.05) is 29.5 Å². The van der Waals surface area contributed by atoms with Gasteiger partial charge in [-0.05, 0) is 59.0 Å². The standard InChI is InChI=1S/C19H20BrFN2O/c20-16-11-15(12-22-13-16)19(24)23(18-3-1-2-4-18)10-9-14-5-7-17(21)8-6-14/h5-8,11-13,18H,1-4,9-10H2. The van der Waals surface area contributed by atoms with Crippen molar-refractivity contribution in [2.45, 2.75) is 38.1 Å². The molecule has 1 fully saturated rings. The van der Waals surface area contributed by atoms with Crippen LogP contribution in [0.4, 0.5) is 4.39 Å². The molecule has 1 aliphatic rings. The van der Waals surface area contributed by atoms with Crippen molar-refractivity contribution < 1.29 is 9.18 Å². The Bertz CT molecular complexity index is 699. The highest BCUT2D eigenvalue weighted by Crippen LogP contribution is 2.25. The molecule has 0 bridgehead atoms. The van der Waals surface area contributed by atoms with Crippen LogP contribution in [0, 0.1) is 5.82 Å². The lowest BCUT2D eigenvalue weighted by atomic mass is 10.1. The Morgan fingerprint density at radius 1 is 1.21 bits per heavy atom. The number of benzene rings is 1. The van der Waals surface area contributed by atoms with E-state index in [2.05, 4.69) is 20.9 Å². The van der Waals surface area contributed by atoms with Crippen molar-refractivity contribution in [3.63, 3.8) is 0 Å². The van der Waals surface area contributed by atoms with Crippen molar-refractivity contribution in [1.82, 2.24) is 9.88 Å². The zero-order chi connectivity index (χ0) is 16.9. The van der Waals surface area contributed by atoms with Crippen LogP contribution in [0.3, 0.4) is 0 Å². The molecule has 3 rings (SSSR count). The zero-order valence-electron chi connectivity index (χ0n) is 13.4. The molecule has 0 saturated heterocycles. The minimum atomic E-state index is -0.234. The van der Waals surface area contributed by atoms with Crippen LogP contribution in [0.5, 0.6) is 0 Å². The molecule has 0 aliphatic heterocycles. The second kappa shape index (κ2) is 7.88. The summed E-state index contributed by atoms with van der Waals surface area (Å²) >= 11 is 3.38. The predicted octanol–water partition coefficient (Wildman–Crippen LogP) is 4.61. The fourth-order valence-electron chi connectivity index (χ4n) is 3.26. The smallest absolute Gasteiger partial charge is 0.255 e. The minimum absolute atomic E-state index is 0.0258. The van der Waals surface area contributed by atoms with Crippen LogP contribution < -0.4 is 0 Å². The Balaban J connectivity index is 1.75. The average molecular weight is 391 g/mol. The number of amides is 1. The van der Waals surface area contributed by atoms with Gasteiger partial charge in [-0.2, -0.15) is 0 Å². The molecule has 0 radical (unpaired) electrons. The van der Waals surface area contributed by atoms with Gasteiger partial charge in [-0.15, -0.1) is 0 Å². The second-order valence-corrected chi connectivity index (χ2v) is 7.12. The third kappa shape index (κ3) is 4.20. The van der Waals surface area contributed by atoms with Gasteiger partial charge in [-0.3, -0.25) is 9.78 Å². The van der Waals surface area contributed by atoms with E-state index in [-0.39, 0.29) is 17.8 Å². The van der Waals surface area contributed by atoms with Crippen molar-refractivity contribution in [2.75, 3.05) is 6.54 Å². The molecule has 0 unspecified atom stereocenters. The van der Waals surface area contributed by atoms with E-state index in [9.17, 15) is 9.18 Å². The molecule has 0 atom stereocenters. The van der Waals surface area contributed by atoms with Crippen molar-refractivity contribution in [3.05, 3.63) is 64.1 Å². The molecule has 0 N–H and O–H groups in total. The van der Waals surface area contributed by atoms with E-state index in [1.807, 2.05) is 11.0 Å². The fourth-order valence-corrected chi connectivity index (χ4v) is 3.63. The van der Waals surface area contributed by atoms with Gasteiger partial charge in [-0.1, -0.05) is 25.0 Å². The molecule has 5 heteroatoms. The van der Waals surface area contributed by atoms with Crippen molar-refractivity contribution in [2.24, 2.45) is 0 Å². The lowest BCUT2D eigenvalue weighted by molar-refractivity contribution is 0.0683. The van der Waals surface area contributed by atoms with E-state index < -0.39 is 0 Å². The maximum atomic E-state index is 13.0. The van der Waals surface area contributed by atoms with Crippen LogP contribution in [0.1, 0.15) is 41.6 Å². The number of aromatic nitrogens is 1. The highest BCUT2D eigenvalue weighted by molar-refractivity contribution is 9.10. The lowest BCUT2D eigenvalue weighted by Gasteiger charge is -2.29. The van der Waals surface area contributed by atoms with Crippen LogP contribution >= 0.6 is 15.9 Å². The molecule has 126 valence electrons. The molecule has 1 amide bonds. The van der Waals surface area contributed by atoms with E-state index in [1.54, 1.807) is 24.5 Å². The van der Waals surface area contributed by atoms with Crippen LogP contribution in [0.15, 0.2) is 47.2 Å². The Labute approximate surface area is 150 Å². The molecule has 1 aromatic heterocycles. The quantitative estimate of drug-likeness (QED) is 0.746. The maximum Gasteiger partial charge on any atom is 0.255 e. The van der Waals surface area contributed by atoms with Gasteiger partial charge in [0.05, 0.1) is 5.56 Å². The summed E-state index contributed by atoms with van der Waals surface area (Å²) in [7, 11) is 0. The summed E-state index contributed by atoms with van der Waals surface area (Å²) in [6.45, 7) is 0.641. The van der Waals surface area contributed by atoms with Crippen LogP contribution in [0.25, 0.3) is 0 Å². The average Bonchev–Trinajstić information content (AvgIpc) is 3.11. The summed E-state index contributed by atoms with van der Waals surface area (Å²) in [5.41, 5.74) is 1.65. The van der Waals surface area contributed by atoms with Gasteiger partial charge in [0.25, 0.3) is 5.91 Å². The number of nitrogens with zero attached hydrogens (tertiary/aromatic N) is 2. The van der Waals surface area contributed by atoms with Crippen LogP contribution in [-0.4, -0.2) is 28.4 Å². The maximum absolute atomic E-state index is 13.0. The molecule has 1 heterocycles. The SMILES string of the molecule is O=C(c1cncc(Br)c1)N(CCc1ccc(F)cc1)C1CCCC1. The van der Waals surface area contributed by atoms with Crippen molar-refractivity contribution in [1.29, 1.82) is 0 Å². The predicted molar refractivity (Wildman–Crippen MR) is 95.3 cm³/mol. The Morgan fingerprint density at radius 2 is 1.92 bits per heavy atom. The summed E-state index contributed by atoms with van der Waals surface area (Å²) in [4.78, 5) is 19.0. The lowest BCUT2D eigenvalue weighted by Crippen LogP contribution is -2.40. The number of carbonyl (C=O) groups is 1. The Hall–Kier alpha value is -1.75. The molecule has 0 spiro atoms. The molecule has 1 aliphatic carbocycles. The van der Waals surface area contributed by atoms with Gasteiger partial charge >= 0.3 is 0 Å². The summed E-state index contributed by atoms with van der Waals surface area (Å²) < 4.78 is 13.8. The van der Waals surface area contributed by atoms with E-state index in [1.165, 1.54) is 25.0 Å². The third-order valence-corrected chi connectivity index (χ3v) is 4.97. The van der Waals surface area contributed by atoms with E-state index >= 15 is 0 Å². The molecule has 1 aromatic carbocycles. The number of halogens is 2. The van der Waals surface area contributed by atoms with E-state index in [0.717, 1.165) is 29.3 Å². The molecule has 3 nitrogen and oxygen atoms in total. The minimum Gasteiger partial charge on any atom is -0.335 e. The zero-order valence-corrected chi connectivity index (χ0v) is 15.0. The number of hydrogen-bond donors (Lipinski definition) is 0. The second-order valence-electron chi connectivity index (χ2n) is 6.21. The first-order chi connectivity index (χ1) is 11.6. The third-order valence-electron chi connectivity index (χ3n) is 4.53. The van der Waals surface area contributed by atoms with Gasteiger partial charge in [0.2, 0.25) is 0 Å². The summed E-state index contributed by atoms with van der Waals surface area (Å²) in [6, 6.07) is 8.61. The van der Waals surface area contributed by atoms with Gasteiger partial charge in [0.15, 0.2) is 0 Å². The van der Waals surface area contributed by atoms with Gasteiger partial charge in [-0.25, -0.2) is 4.39 Å². The molecule has 24 heavy (non-hydrogen) atoms. The summed E-state index contributed by atoms with van der Waals surface area (Å²) in [5.74, 6) is -0.208. The first kappa shape index (κ1) is 17.1. The van der Waals surface area contributed by atoms with Crippen molar-refractivity contribution >= 4 is 21.8 Å². The highest BCUT2D eigenvalue weighted by atomic mass is 79.9. The molecular weight excluding hydrogens is 371 g/mol. The van der Waals surface area contributed by atoms with Crippen molar-refractivity contribution in [3.8, 4) is 0 Å². The topological polar surface area (TPSA) is 33.2 Å². The first-order valence-corrected chi connectivity index (χ1v) is 9.09. The van der Waals surface area contributed by atoms with E-state index in [4.69, 9.17) is 0 Å². The monoisotopic (exact) mass is 390 g/mol. The number of hydrogen-bond acceptors (Lipinski definition) is 2. The Kier molecular flexibility index (Phi) is 5.61. The first-order valence-electron chi connectivity index (χ1n) is 8.29. The molecular formula is C19H20BrFN2O. The van der Waals surface area contributed by atoms with E-state index in [0.29, 0.717) is 12.1 Å². The Morgan fingerprint density at radius 3 is 2.58 bits per heavy atom. The summed E-state index contributed by atoms with van der Waals surface area (Å²) in [5, 5.41) is 0. The number of rotatable bonds is 5. The largest absolute Gasteiger partial charge is 0.335 e. The van der Waals surface area contributed by atoms with Crippen LogP contribution in [-0.2, 0) is 6.42 Å². The molecule has 1 saturated carbocycles. The number of pyridine rings is 1. The normalized spacial score (nSPS) is 14.8. The number of carbonyl (C=O) groups excluding carboxylic acids is 1. The van der Waals surface area contributed by atoms with Gasteiger partial charge in [0.1, 0.15) is 5.82 Å².